The highest BCUT2D eigenvalue weighted by atomic mass is 35.5. The molecule has 0 amide bonds. The normalized spacial score (nSPS) is 17.7. The summed E-state index contributed by atoms with van der Waals surface area (Å²) in [7, 11) is 0. The van der Waals surface area contributed by atoms with Gasteiger partial charge >= 0.3 is 0 Å². The average molecular weight is 262 g/mol. The fourth-order valence-corrected chi connectivity index (χ4v) is 2.23. The third-order valence-corrected chi connectivity index (χ3v) is 3.12. The van der Waals surface area contributed by atoms with E-state index in [9.17, 15) is 0 Å². The molecule has 0 radical (unpaired) electrons. The summed E-state index contributed by atoms with van der Waals surface area (Å²) in [6.45, 7) is 0.702. The number of fused-ring (bicyclic) bond motifs is 1. The Kier molecular flexibility index (Phi) is 3.02. The van der Waals surface area contributed by atoms with Crippen molar-refractivity contribution in [3.05, 3.63) is 47.4 Å². The topological polar surface area (TPSA) is 47.0 Å². The Morgan fingerprint density at radius 2 is 2.17 bits per heavy atom. The third-order valence-electron chi connectivity index (χ3n) is 2.91. The van der Waals surface area contributed by atoms with E-state index in [0.717, 1.165) is 23.6 Å². The molecule has 0 bridgehead atoms. The molecule has 1 aromatic heterocycles. The first-order chi connectivity index (χ1) is 8.83. The van der Waals surface area contributed by atoms with Gasteiger partial charge in [-0.15, -0.1) is 0 Å². The highest BCUT2D eigenvalue weighted by Gasteiger charge is 2.21. The molecule has 3 rings (SSSR count). The van der Waals surface area contributed by atoms with Crippen LogP contribution in [0.25, 0.3) is 0 Å². The van der Waals surface area contributed by atoms with Crippen LogP contribution in [0.5, 0.6) is 5.75 Å². The summed E-state index contributed by atoms with van der Waals surface area (Å²) in [4.78, 5) is 8.03. The number of hydrogen-bond donors (Lipinski definition) is 1. The maximum Gasteiger partial charge on any atom is 0.134 e. The standard InChI is InChI=1S/C13H12ClN3O/c14-12-7-13(16-8-15-12)17-10-5-6-18-11-4-2-1-3-9(10)11/h1-4,7-8,10H,5-6H2,(H,15,16,17). The van der Waals surface area contributed by atoms with Crippen LogP contribution in [0, 0.1) is 0 Å². The van der Waals surface area contributed by atoms with Crippen LogP contribution in [0.3, 0.4) is 0 Å². The fourth-order valence-electron chi connectivity index (χ4n) is 2.08. The van der Waals surface area contributed by atoms with Crippen molar-refractivity contribution in [2.45, 2.75) is 12.5 Å². The van der Waals surface area contributed by atoms with Gasteiger partial charge in [0.2, 0.25) is 0 Å². The Morgan fingerprint density at radius 3 is 3.06 bits per heavy atom. The van der Waals surface area contributed by atoms with E-state index in [2.05, 4.69) is 21.4 Å². The molecule has 2 heterocycles. The van der Waals surface area contributed by atoms with Crippen molar-refractivity contribution >= 4 is 17.4 Å². The lowest BCUT2D eigenvalue weighted by atomic mass is 10.0. The monoisotopic (exact) mass is 261 g/mol. The van der Waals surface area contributed by atoms with Gasteiger partial charge in [0, 0.05) is 18.1 Å². The number of rotatable bonds is 2. The van der Waals surface area contributed by atoms with E-state index in [1.165, 1.54) is 6.33 Å². The number of ether oxygens (including phenoxy) is 1. The van der Waals surface area contributed by atoms with Crippen LogP contribution in [0.1, 0.15) is 18.0 Å². The van der Waals surface area contributed by atoms with Gasteiger partial charge in [0.05, 0.1) is 12.6 Å². The summed E-state index contributed by atoms with van der Waals surface area (Å²) in [6.07, 6.45) is 2.36. The zero-order chi connectivity index (χ0) is 12.4. The number of anilines is 1. The first-order valence-electron chi connectivity index (χ1n) is 5.79. The van der Waals surface area contributed by atoms with E-state index in [-0.39, 0.29) is 6.04 Å². The van der Waals surface area contributed by atoms with Crippen LogP contribution >= 0.6 is 11.6 Å². The van der Waals surface area contributed by atoms with Crippen molar-refractivity contribution in [2.75, 3.05) is 11.9 Å². The second-order valence-electron chi connectivity index (χ2n) is 4.10. The van der Waals surface area contributed by atoms with E-state index in [0.29, 0.717) is 11.8 Å². The fraction of sp³-hybridized carbons (Fsp3) is 0.231. The van der Waals surface area contributed by atoms with Crippen LogP contribution in [-0.2, 0) is 0 Å². The van der Waals surface area contributed by atoms with Gasteiger partial charge in [-0.3, -0.25) is 0 Å². The minimum atomic E-state index is 0.195. The molecule has 0 fully saturated rings. The quantitative estimate of drug-likeness (QED) is 0.844. The smallest absolute Gasteiger partial charge is 0.134 e. The largest absolute Gasteiger partial charge is 0.493 e. The van der Waals surface area contributed by atoms with Crippen LogP contribution in [0.4, 0.5) is 5.82 Å². The number of nitrogens with zero attached hydrogens (tertiary/aromatic N) is 2. The molecule has 1 aliphatic rings. The molecule has 0 aliphatic carbocycles. The molecule has 5 heteroatoms. The molecule has 1 N–H and O–H groups in total. The summed E-state index contributed by atoms with van der Waals surface area (Å²) < 4.78 is 5.62. The molecular formula is C13H12ClN3O. The molecule has 1 aliphatic heterocycles. The number of para-hydroxylation sites is 1. The summed E-state index contributed by atoms with van der Waals surface area (Å²) in [5, 5.41) is 3.80. The Bertz CT molecular complexity index is 561. The molecule has 0 saturated carbocycles. The second kappa shape index (κ2) is 4.82. The SMILES string of the molecule is Clc1cc(NC2CCOc3ccccc32)ncn1. The van der Waals surface area contributed by atoms with Crippen molar-refractivity contribution in [1.82, 2.24) is 9.97 Å². The van der Waals surface area contributed by atoms with Gasteiger partial charge < -0.3 is 10.1 Å². The number of aromatic nitrogens is 2. The van der Waals surface area contributed by atoms with E-state index >= 15 is 0 Å². The Hall–Kier alpha value is -1.81. The van der Waals surface area contributed by atoms with Gasteiger partial charge in [0.25, 0.3) is 0 Å². The lowest BCUT2D eigenvalue weighted by molar-refractivity contribution is 0.274. The predicted octanol–water partition coefficient (Wildman–Crippen LogP) is 3.07. The summed E-state index contributed by atoms with van der Waals surface area (Å²) in [5.41, 5.74) is 1.15. The van der Waals surface area contributed by atoms with Gasteiger partial charge in [0.1, 0.15) is 23.0 Å². The Morgan fingerprint density at radius 1 is 1.28 bits per heavy atom. The molecule has 4 nitrogen and oxygen atoms in total. The third kappa shape index (κ3) is 2.24. The van der Waals surface area contributed by atoms with Gasteiger partial charge in [-0.2, -0.15) is 0 Å². The number of nitrogens with one attached hydrogen (secondary N) is 1. The van der Waals surface area contributed by atoms with Gasteiger partial charge in [-0.1, -0.05) is 29.8 Å². The predicted molar refractivity (Wildman–Crippen MR) is 70.0 cm³/mol. The molecule has 1 aromatic carbocycles. The molecule has 18 heavy (non-hydrogen) atoms. The average Bonchev–Trinajstić information content (AvgIpc) is 2.39. The molecule has 0 saturated heterocycles. The second-order valence-corrected chi connectivity index (χ2v) is 4.49. The maximum atomic E-state index is 5.85. The van der Waals surface area contributed by atoms with Gasteiger partial charge in [0.15, 0.2) is 0 Å². The summed E-state index contributed by atoms with van der Waals surface area (Å²) >= 11 is 5.85. The Labute approximate surface area is 110 Å². The van der Waals surface area contributed by atoms with Crippen molar-refractivity contribution in [2.24, 2.45) is 0 Å². The van der Waals surface area contributed by atoms with E-state index in [4.69, 9.17) is 16.3 Å². The highest BCUT2D eigenvalue weighted by molar-refractivity contribution is 6.29. The number of hydrogen-bond acceptors (Lipinski definition) is 4. The summed E-state index contributed by atoms with van der Waals surface area (Å²) in [5.74, 6) is 1.66. The minimum absolute atomic E-state index is 0.195. The molecule has 0 spiro atoms. The molecule has 2 aromatic rings. The van der Waals surface area contributed by atoms with Crippen molar-refractivity contribution in [3.63, 3.8) is 0 Å². The number of halogens is 1. The van der Waals surface area contributed by atoms with Crippen molar-refractivity contribution < 1.29 is 4.74 Å². The summed E-state index contributed by atoms with van der Waals surface area (Å²) in [6, 6.07) is 9.95. The van der Waals surface area contributed by atoms with E-state index < -0.39 is 0 Å². The zero-order valence-electron chi connectivity index (χ0n) is 9.64. The van der Waals surface area contributed by atoms with E-state index in [1.54, 1.807) is 6.07 Å². The lowest BCUT2D eigenvalue weighted by Crippen LogP contribution is -2.20. The first kappa shape index (κ1) is 11.3. The lowest BCUT2D eigenvalue weighted by Gasteiger charge is -2.26. The molecule has 1 atom stereocenters. The van der Waals surface area contributed by atoms with Crippen LogP contribution in [0.15, 0.2) is 36.7 Å². The first-order valence-corrected chi connectivity index (χ1v) is 6.16. The molecule has 92 valence electrons. The zero-order valence-corrected chi connectivity index (χ0v) is 10.4. The minimum Gasteiger partial charge on any atom is -0.493 e. The Balaban J connectivity index is 1.86. The van der Waals surface area contributed by atoms with Crippen LogP contribution in [-0.4, -0.2) is 16.6 Å². The van der Waals surface area contributed by atoms with Gasteiger partial charge in [-0.05, 0) is 6.07 Å². The maximum absolute atomic E-state index is 5.85. The molecule has 1 unspecified atom stereocenters. The van der Waals surface area contributed by atoms with Gasteiger partial charge in [-0.25, -0.2) is 9.97 Å². The van der Waals surface area contributed by atoms with E-state index in [1.807, 2.05) is 18.2 Å². The number of benzene rings is 1. The molecular weight excluding hydrogens is 250 g/mol. The highest BCUT2D eigenvalue weighted by Crippen LogP contribution is 2.33. The van der Waals surface area contributed by atoms with Crippen LogP contribution < -0.4 is 10.1 Å². The van der Waals surface area contributed by atoms with Crippen molar-refractivity contribution in [1.29, 1.82) is 0 Å². The van der Waals surface area contributed by atoms with Crippen molar-refractivity contribution in [3.8, 4) is 5.75 Å². The van der Waals surface area contributed by atoms with Crippen LogP contribution in [0.2, 0.25) is 5.15 Å².